The number of amides is 1. The molecule has 0 radical (unpaired) electrons. The molecule has 2 aliphatic rings. The highest BCUT2D eigenvalue weighted by Gasteiger charge is 2.34. The number of fused-ring (bicyclic) bond motifs is 1. The van der Waals surface area contributed by atoms with E-state index in [0.717, 1.165) is 36.1 Å². The average Bonchev–Trinajstić information content (AvgIpc) is 2.78. The van der Waals surface area contributed by atoms with Crippen LogP contribution in [0.5, 0.6) is 17.2 Å². The summed E-state index contributed by atoms with van der Waals surface area (Å²) in [6, 6.07) is 14.4. The molecule has 2 heterocycles. The molecule has 0 aromatic heterocycles. The quantitative estimate of drug-likeness (QED) is 0.755. The van der Waals surface area contributed by atoms with E-state index in [1.165, 1.54) is 11.1 Å². The fourth-order valence-electron chi connectivity index (χ4n) is 4.42. The summed E-state index contributed by atoms with van der Waals surface area (Å²) in [6.45, 7) is 0.638. The number of carbonyl (C=O) groups excluding carboxylic acids is 1. The average molecular weight is 393 g/mol. The van der Waals surface area contributed by atoms with E-state index in [0.29, 0.717) is 24.5 Å². The molecule has 2 aliphatic heterocycles. The first-order valence-corrected chi connectivity index (χ1v) is 10.0. The van der Waals surface area contributed by atoms with Gasteiger partial charge in [-0.05, 0) is 65.8 Å². The van der Waals surface area contributed by atoms with Gasteiger partial charge in [0, 0.05) is 19.0 Å². The van der Waals surface area contributed by atoms with E-state index in [-0.39, 0.29) is 11.9 Å². The molecule has 152 valence electrons. The lowest BCUT2D eigenvalue weighted by Gasteiger charge is -2.41. The first-order chi connectivity index (χ1) is 14.1. The van der Waals surface area contributed by atoms with Crippen LogP contribution in [0.4, 0.5) is 0 Å². The molecule has 1 amide bonds. The standard InChI is InChI=1S/C24H27NO4/c1-27-19-10-7-16(8-11-19)21-15-25-18(5-4-6-24(25)26)14-20(21)17-9-12-22(28-2)23(13-17)29-3/h7-13,18H,4-6,14-15H2,1-3H3/t18-/m0/s1. The van der Waals surface area contributed by atoms with E-state index >= 15 is 0 Å². The molecule has 0 bridgehead atoms. The minimum atomic E-state index is 0.263. The number of rotatable bonds is 5. The van der Waals surface area contributed by atoms with Crippen LogP contribution < -0.4 is 14.2 Å². The number of carbonyl (C=O) groups is 1. The summed E-state index contributed by atoms with van der Waals surface area (Å²) in [5, 5.41) is 0. The van der Waals surface area contributed by atoms with Gasteiger partial charge in [-0.2, -0.15) is 0 Å². The molecule has 29 heavy (non-hydrogen) atoms. The predicted octanol–water partition coefficient (Wildman–Crippen LogP) is 4.41. The van der Waals surface area contributed by atoms with Gasteiger partial charge >= 0.3 is 0 Å². The van der Waals surface area contributed by atoms with Crippen LogP contribution in [0, 0.1) is 0 Å². The topological polar surface area (TPSA) is 48.0 Å². The lowest BCUT2D eigenvalue weighted by Crippen LogP contribution is -2.46. The van der Waals surface area contributed by atoms with Gasteiger partial charge in [-0.15, -0.1) is 0 Å². The van der Waals surface area contributed by atoms with Crippen LogP contribution in [0.2, 0.25) is 0 Å². The third kappa shape index (κ3) is 3.69. The fraction of sp³-hybridized carbons (Fsp3) is 0.375. The SMILES string of the molecule is COc1ccc(C2=C(c3ccc(OC)c(OC)c3)C[C@@H]3CCCC(=O)N3C2)cc1. The van der Waals surface area contributed by atoms with Crippen LogP contribution in [0.25, 0.3) is 11.1 Å². The molecule has 0 spiro atoms. The van der Waals surface area contributed by atoms with Crippen molar-refractivity contribution in [1.82, 2.24) is 4.90 Å². The van der Waals surface area contributed by atoms with Crippen molar-refractivity contribution in [3.05, 3.63) is 53.6 Å². The molecule has 0 N–H and O–H groups in total. The van der Waals surface area contributed by atoms with Crippen molar-refractivity contribution < 1.29 is 19.0 Å². The zero-order chi connectivity index (χ0) is 20.4. The Morgan fingerprint density at radius 1 is 0.862 bits per heavy atom. The van der Waals surface area contributed by atoms with Crippen molar-refractivity contribution in [2.75, 3.05) is 27.9 Å². The normalized spacial score (nSPS) is 19.1. The molecule has 4 rings (SSSR count). The van der Waals surface area contributed by atoms with Crippen LogP contribution in [-0.2, 0) is 4.79 Å². The molecule has 0 unspecified atom stereocenters. The van der Waals surface area contributed by atoms with E-state index in [1.807, 2.05) is 24.3 Å². The number of nitrogens with zero attached hydrogens (tertiary/aromatic N) is 1. The first kappa shape index (κ1) is 19.4. The molecule has 1 fully saturated rings. The third-order valence-corrected chi connectivity index (χ3v) is 5.99. The van der Waals surface area contributed by atoms with Crippen molar-refractivity contribution in [2.45, 2.75) is 31.7 Å². The van der Waals surface area contributed by atoms with Gasteiger partial charge in [0.15, 0.2) is 11.5 Å². The Bertz CT molecular complexity index is 932. The summed E-state index contributed by atoms with van der Waals surface area (Å²) in [6.07, 6.45) is 3.52. The summed E-state index contributed by atoms with van der Waals surface area (Å²) in [7, 11) is 4.97. The van der Waals surface area contributed by atoms with Gasteiger partial charge in [-0.25, -0.2) is 0 Å². The third-order valence-electron chi connectivity index (χ3n) is 5.99. The Hall–Kier alpha value is -2.95. The molecular weight excluding hydrogens is 366 g/mol. The van der Waals surface area contributed by atoms with Gasteiger partial charge in [0.05, 0.1) is 21.3 Å². The lowest BCUT2D eigenvalue weighted by atomic mass is 9.82. The maximum absolute atomic E-state index is 12.6. The summed E-state index contributed by atoms with van der Waals surface area (Å²) in [4.78, 5) is 14.6. The van der Waals surface area contributed by atoms with Crippen molar-refractivity contribution in [1.29, 1.82) is 0 Å². The van der Waals surface area contributed by atoms with E-state index in [9.17, 15) is 4.79 Å². The molecule has 5 heteroatoms. The van der Waals surface area contributed by atoms with E-state index in [1.54, 1.807) is 21.3 Å². The molecule has 0 aliphatic carbocycles. The van der Waals surface area contributed by atoms with Gasteiger partial charge in [-0.1, -0.05) is 18.2 Å². The van der Waals surface area contributed by atoms with Crippen molar-refractivity contribution in [2.24, 2.45) is 0 Å². The number of hydrogen-bond acceptors (Lipinski definition) is 4. The zero-order valence-electron chi connectivity index (χ0n) is 17.2. The summed E-state index contributed by atoms with van der Waals surface area (Å²) >= 11 is 0. The highest BCUT2D eigenvalue weighted by molar-refractivity contribution is 5.95. The Kier molecular flexibility index (Phi) is 5.47. The van der Waals surface area contributed by atoms with Gasteiger partial charge in [-0.3, -0.25) is 4.79 Å². The predicted molar refractivity (Wildman–Crippen MR) is 113 cm³/mol. The van der Waals surface area contributed by atoms with E-state index in [4.69, 9.17) is 14.2 Å². The highest BCUT2D eigenvalue weighted by atomic mass is 16.5. The summed E-state index contributed by atoms with van der Waals surface area (Å²) in [5.41, 5.74) is 4.69. The maximum atomic E-state index is 12.6. The zero-order valence-corrected chi connectivity index (χ0v) is 17.2. The van der Waals surface area contributed by atoms with Crippen molar-refractivity contribution in [3.63, 3.8) is 0 Å². The second-order valence-electron chi connectivity index (χ2n) is 7.53. The van der Waals surface area contributed by atoms with Crippen LogP contribution in [0.1, 0.15) is 36.8 Å². The van der Waals surface area contributed by atoms with Crippen LogP contribution in [0.3, 0.4) is 0 Å². The van der Waals surface area contributed by atoms with Crippen molar-refractivity contribution in [3.8, 4) is 17.2 Å². The Balaban J connectivity index is 1.82. The highest BCUT2D eigenvalue weighted by Crippen LogP contribution is 2.41. The molecule has 0 saturated carbocycles. The van der Waals surface area contributed by atoms with Gasteiger partial charge < -0.3 is 19.1 Å². The molecule has 2 aromatic carbocycles. The Labute approximate surface area is 171 Å². The van der Waals surface area contributed by atoms with Crippen LogP contribution in [-0.4, -0.2) is 44.7 Å². The van der Waals surface area contributed by atoms with E-state index in [2.05, 4.69) is 23.1 Å². The summed E-state index contributed by atoms with van der Waals surface area (Å²) in [5.74, 6) is 2.52. The number of piperidine rings is 1. The molecular formula is C24H27NO4. The van der Waals surface area contributed by atoms with Gasteiger partial charge in [0.25, 0.3) is 0 Å². The maximum Gasteiger partial charge on any atom is 0.223 e. The molecule has 5 nitrogen and oxygen atoms in total. The smallest absolute Gasteiger partial charge is 0.223 e. The van der Waals surface area contributed by atoms with Crippen LogP contribution >= 0.6 is 0 Å². The second-order valence-corrected chi connectivity index (χ2v) is 7.53. The number of methoxy groups -OCH3 is 3. The second kappa shape index (κ2) is 8.19. The number of hydrogen-bond donors (Lipinski definition) is 0. The first-order valence-electron chi connectivity index (χ1n) is 10.0. The largest absolute Gasteiger partial charge is 0.497 e. The fourth-order valence-corrected chi connectivity index (χ4v) is 4.42. The van der Waals surface area contributed by atoms with Crippen molar-refractivity contribution >= 4 is 17.1 Å². The van der Waals surface area contributed by atoms with E-state index < -0.39 is 0 Å². The van der Waals surface area contributed by atoms with Gasteiger partial charge in [0.1, 0.15) is 5.75 Å². The minimum absolute atomic E-state index is 0.263. The Morgan fingerprint density at radius 2 is 1.59 bits per heavy atom. The van der Waals surface area contributed by atoms with Crippen LogP contribution in [0.15, 0.2) is 42.5 Å². The lowest BCUT2D eigenvalue weighted by molar-refractivity contribution is -0.135. The minimum Gasteiger partial charge on any atom is -0.497 e. The Morgan fingerprint density at radius 3 is 2.28 bits per heavy atom. The van der Waals surface area contributed by atoms with Gasteiger partial charge in [0.2, 0.25) is 5.91 Å². The number of benzene rings is 2. The molecule has 1 saturated heterocycles. The summed E-state index contributed by atoms with van der Waals surface area (Å²) < 4.78 is 16.3. The molecule has 2 aromatic rings. The number of ether oxygens (including phenoxy) is 3. The monoisotopic (exact) mass is 393 g/mol. The molecule has 1 atom stereocenters.